The van der Waals surface area contributed by atoms with Gasteiger partial charge in [-0.05, 0) is 17.7 Å². The number of hydrogen-bond donors (Lipinski definition) is 2. The van der Waals surface area contributed by atoms with Crippen LogP contribution in [0.5, 0.6) is 0 Å². The Morgan fingerprint density at radius 2 is 1.90 bits per heavy atom. The van der Waals surface area contributed by atoms with Gasteiger partial charge in [0.25, 0.3) is 0 Å². The van der Waals surface area contributed by atoms with Crippen molar-refractivity contribution in [3.8, 4) is 0 Å². The molecule has 30 heavy (non-hydrogen) atoms. The standard InChI is InChI=1S/C21H26FN3O4S/c1-30(27,28)24-18-9-7-16(8-10-18)13-20(26)23-14-19-15-25(11-12-29-19)21(22)17-5-3-2-4-6-17/h2-10,19,21,24H,11-15H2,1H3,(H,23,26)/t19-,21?/m0/s1. The number of benzene rings is 2. The first-order valence-corrected chi connectivity index (χ1v) is 11.6. The first-order valence-electron chi connectivity index (χ1n) is 9.68. The summed E-state index contributed by atoms with van der Waals surface area (Å²) in [5, 5.41) is 2.83. The number of nitrogens with one attached hydrogen (secondary N) is 2. The number of rotatable bonds is 8. The molecule has 2 aromatic carbocycles. The van der Waals surface area contributed by atoms with Crippen molar-refractivity contribution in [2.24, 2.45) is 0 Å². The van der Waals surface area contributed by atoms with Crippen LogP contribution in [-0.2, 0) is 26.0 Å². The van der Waals surface area contributed by atoms with Gasteiger partial charge in [0.15, 0.2) is 6.30 Å². The minimum Gasteiger partial charge on any atom is -0.374 e. The third kappa shape index (κ3) is 6.79. The number of sulfonamides is 1. The van der Waals surface area contributed by atoms with E-state index in [0.717, 1.165) is 11.8 Å². The van der Waals surface area contributed by atoms with Crippen LogP contribution >= 0.6 is 0 Å². The number of carbonyl (C=O) groups excluding carboxylic acids is 1. The van der Waals surface area contributed by atoms with Crippen molar-refractivity contribution >= 4 is 21.6 Å². The number of alkyl halides is 1. The van der Waals surface area contributed by atoms with E-state index in [1.807, 2.05) is 18.2 Å². The van der Waals surface area contributed by atoms with E-state index in [0.29, 0.717) is 37.5 Å². The lowest BCUT2D eigenvalue weighted by molar-refractivity contribution is -0.122. The molecule has 0 bridgehead atoms. The molecule has 1 amide bonds. The Morgan fingerprint density at radius 1 is 1.20 bits per heavy atom. The normalized spacial score (nSPS) is 18.5. The molecule has 0 aliphatic carbocycles. The molecule has 1 fully saturated rings. The largest absolute Gasteiger partial charge is 0.374 e. The van der Waals surface area contributed by atoms with Crippen molar-refractivity contribution in [3.05, 3.63) is 65.7 Å². The van der Waals surface area contributed by atoms with E-state index < -0.39 is 16.3 Å². The van der Waals surface area contributed by atoms with Gasteiger partial charge in [0.1, 0.15) is 0 Å². The van der Waals surface area contributed by atoms with Crippen molar-refractivity contribution in [1.29, 1.82) is 0 Å². The van der Waals surface area contributed by atoms with Gasteiger partial charge < -0.3 is 10.1 Å². The lowest BCUT2D eigenvalue weighted by atomic mass is 10.1. The molecule has 1 unspecified atom stereocenters. The first-order chi connectivity index (χ1) is 14.3. The zero-order valence-corrected chi connectivity index (χ0v) is 17.6. The fourth-order valence-corrected chi connectivity index (χ4v) is 3.84. The van der Waals surface area contributed by atoms with Crippen LogP contribution in [-0.4, -0.2) is 57.8 Å². The molecule has 1 saturated heterocycles. The van der Waals surface area contributed by atoms with E-state index in [2.05, 4.69) is 10.0 Å². The third-order valence-corrected chi connectivity index (χ3v) is 5.32. The Balaban J connectivity index is 1.46. The van der Waals surface area contributed by atoms with Gasteiger partial charge in [-0.15, -0.1) is 0 Å². The lowest BCUT2D eigenvalue weighted by Gasteiger charge is -2.35. The second-order valence-electron chi connectivity index (χ2n) is 7.29. The van der Waals surface area contributed by atoms with Crippen LogP contribution in [0.3, 0.4) is 0 Å². The van der Waals surface area contributed by atoms with Gasteiger partial charge in [-0.2, -0.15) is 0 Å². The van der Waals surface area contributed by atoms with Gasteiger partial charge in [0.2, 0.25) is 15.9 Å². The zero-order valence-electron chi connectivity index (χ0n) is 16.8. The molecule has 162 valence electrons. The van der Waals surface area contributed by atoms with E-state index in [-0.39, 0.29) is 18.4 Å². The van der Waals surface area contributed by atoms with Crippen LogP contribution in [0.1, 0.15) is 17.4 Å². The smallest absolute Gasteiger partial charge is 0.229 e. The SMILES string of the molecule is CS(=O)(=O)Nc1ccc(CC(=O)NC[C@H]2CN(C(F)c3ccccc3)CCO2)cc1. The summed E-state index contributed by atoms with van der Waals surface area (Å²) in [6.45, 7) is 1.59. The average Bonchev–Trinajstić information content (AvgIpc) is 2.73. The molecule has 2 atom stereocenters. The summed E-state index contributed by atoms with van der Waals surface area (Å²) in [5.74, 6) is -0.181. The van der Waals surface area contributed by atoms with Crippen LogP contribution in [0.15, 0.2) is 54.6 Å². The van der Waals surface area contributed by atoms with Crippen LogP contribution in [0, 0.1) is 0 Å². The fourth-order valence-electron chi connectivity index (χ4n) is 3.27. The summed E-state index contributed by atoms with van der Waals surface area (Å²) < 4.78 is 45.3. The van der Waals surface area contributed by atoms with Crippen LogP contribution in [0.4, 0.5) is 10.1 Å². The minimum absolute atomic E-state index is 0.158. The van der Waals surface area contributed by atoms with Gasteiger partial charge in [-0.1, -0.05) is 42.5 Å². The monoisotopic (exact) mass is 435 g/mol. The Morgan fingerprint density at radius 3 is 2.57 bits per heavy atom. The Labute approximate surface area is 176 Å². The molecule has 9 heteroatoms. The van der Waals surface area contributed by atoms with E-state index in [9.17, 15) is 17.6 Å². The Kier molecular flexibility index (Phi) is 7.41. The number of morpholine rings is 1. The van der Waals surface area contributed by atoms with Crippen molar-refractivity contribution in [1.82, 2.24) is 10.2 Å². The van der Waals surface area contributed by atoms with E-state index in [4.69, 9.17) is 4.74 Å². The molecule has 0 aromatic heterocycles. The van der Waals surface area contributed by atoms with Crippen molar-refractivity contribution in [3.63, 3.8) is 0 Å². The van der Waals surface area contributed by atoms with Gasteiger partial charge in [0.05, 0.1) is 25.4 Å². The molecular weight excluding hydrogens is 409 g/mol. The minimum atomic E-state index is -3.34. The number of carbonyl (C=O) groups is 1. The predicted octanol–water partition coefficient (Wildman–Crippen LogP) is 2.09. The van der Waals surface area contributed by atoms with E-state index in [1.54, 1.807) is 41.3 Å². The van der Waals surface area contributed by atoms with E-state index >= 15 is 0 Å². The number of hydrogen-bond acceptors (Lipinski definition) is 5. The molecule has 2 N–H and O–H groups in total. The highest BCUT2D eigenvalue weighted by atomic mass is 32.2. The molecule has 1 aliphatic rings. The molecule has 0 saturated carbocycles. The summed E-state index contributed by atoms with van der Waals surface area (Å²) in [6, 6.07) is 15.6. The maximum Gasteiger partial charge on any atom is 0.229 e. The number of amides is 1. The van der Waals surface area contributed by atoms with Crippen LogP contribution in [0.25, 0.3) is 0 Å². The van der Waals surface area contributed by atoms with Crippen molar-refractivity contribution < 1.29 is 22.3 Å². The zero-order chi connectivity index (χ0) is 21.6. The molecular formula is C21H26FN3O4S. The summed E-state index contributed by atoms with van der Waals surface area (Å²) >= 11 is 0. The predicted molar refractivity (Wildman–Crippen MR) is 113 cm³/mol. The molecule has 1 aliphatic heterocycles. The number of ether oxygens (including phenoxy) is 1. The van der Waals surface area contributed by atoms with Gasteiger partial charge in [0, 0.05) is 30.9 Å². The average molecular weight is 436 g/mol. The van der Waals surface area contributed by atoms with Crippen molar-refractivity contribution in [2.75, 3.05) is 37.2 Å². The van der Waals surface area contributed by atoms with E-state index in [1.165, 1.54) is 0 Å². The molecule has 2 aromatic rings. The summed E-state index contributed by atoms with van der Waals surface area (Å²) in [5.41, 5.74) is 1.80. The molecule has 0 spiro atoms. The summed E-state index contributed by atoms with van der Waals surface area (Å²) in [7, 11) is -3.34. The second kappa shape index (κ2) is 10.0. The lowest BCUT2D eigenvalue weighted by Crippen LogP contribution is -2.48. The molecule has 3 rings (SSSR count). The van der Waals surface area contributed by atoms with Crippen LogP contribution in [0.2, 0.25) is 0 Å². The van der Waals surface area contributed by atoms with Crippen molar-refractivity contribution in [2.45, 2.75) is 18.8 Å². The Bertz CT molecular complexity index is 938. The third-order valence-electron chi connectivity index (χ3n) is 4.71. The van der Waals surface area contributed by atoms with Gasteiger partial charge >= 0.3 is 0 Å². The molecule has 1 heterocycles. The first kappa shape index (κ1) is 22.2. The molecule has 0 radical (unpaired) electrons. The molecule has 7 nitrogen and oxygen atoms in total. The van der Waals surface area contributed by atoms with Gasteiger partial charge in [-0.3, -0.25) is 14.4 Å². The quantitative estimate of drug-likeness (QED) is 0.620. The highest BCUT2D eigenvalue weighted by Gasteiger charge is 2.27. The fraction of sp³-hybridized carbons (Fsp3) is 0.381. The van der Waals surface area contributed by atoms with Gasteiger partial charge in [-0.25, -0.2) is 12.8 Å². The number of nitrogens with zero attached hydrogens (tertiary/aromatic N) is 1. The number of halogens is 1. The highest BCUT2D eigenvalue weighted by Crippen LogP contribution is 2.24. The maximum absolute atomic E-state index is 14.8. The van der Waals surface area contributed by atoms with Crippen LogP contribution < -0.4 is 10.0 Å². The topological polar surface area (TPSA) is 87.7 Å². The summed E-state index contributed by atoms with van der Waals surface area (Å²) in [4.78, 5) is 14.0. The highest BCUT2D eigenvalue weighted by molar-refractivity contribution is 7.92. The number of anilines is 1. The maximum atomic E-state index is 14.8. The Hall–Kier alpha value is -2.49. The second-order valence-corrected chi connectivity index (χ2v) is 9.03. The summed E-state index contributed by atoms with van der Waals surface area (Å²) in [6.07, 6.45) is -0.252.